The second-order valence-electron chi connectivity index (χ2n) is 6.13. The van der Waals surface area contributed by atoms with Crippen LogP contribution in [0.25, 0.3) is 0 Å². The van der Waals surface area contributed by atoms with Crippen LogP contribution in [-0.4, -0.2) is 24.3 Å². The van der Waals surface area contributed by atoms with E-state index in [2.05, 4.69) is 12.2 Å². The Bertz CT molecular complexity index is 410. The molecule has 0 amide bonds. The molecule has 0 aromatic heterocycles. The van der Waals surface area contributed by atoms with Gasteiger partial charge in [0.1, 0.15) is 5.82 Å². The largest absolute Gasteiger partial charge is 0.396 e. The number of rotatable bonds is 6. The van der Waals surface area contributed by atoms with Crippen LogP contribution in [0.1, 0.15) is 38.2 Å². The number of halogens is 1. The van der Waals surface area contributed by atoms with E-state index in [1.165, 1.54) is 25.3 Å². The molecule has 1 aliphatic carbocycles. The Labute approximate surface area is 121 Å². The van der Waals surface area contributed by atoms with Crippen LogP contribution >= 0.6 is 0 Å². The Kier molecular flexibility index (Phi) is 5.99. The summed E-state index contributed by atoms with van der Waals surface area (Å²) in [4.78, 5) is 0. The SMILES string of the molecule is CC(Cc1cccc(F)c1)NCC1CCCCC1CO. The van der Waals surface area contributed by atoms with Crippen LogP contribution in [0.4, 0.5) is 4.39 Å². The first kappa shape index (κ1) is 15.5. The molecule has 0 saturated heterocycles. The molecule has 20 heavy (non-hydrogen) atoms. The zero-order valence-electron chi connectivity index (χ0n) is 12.3. The third-order valence-electron chi connectivity index (χ3n) is 4.46. The van der Waals surface area contributed by atoms with Crippen molar-refractivity contribution in [1.82, 2.24) is 5.32 Å². The molecule has 1 saturated carbocycles. The lowest BCUT2D eigenvalue weighted by atomic mass is 9.79. The van der Waals surface area contributed by atoms with Gasteiger partial charge >= 0.3 is 0 Å². The number of benzene rings is 1. The Morgan fingerprint density at radius 2 is 2.05 bits per heavy atom. The standard InChI is InChI=1S/C17H26FNO/c1-13(9-14-5-4-8-17(18)10-14)19-11-15-6-2-3-7-16(15)12-20/h4-5,8,10,13,15-16,19-20H,2-3,6-7,9,11-12H2,1H3. The van der Waals surface area contributed by atoms with E-state index in [0.717, 1.165) is 24.9 Å². The lowest BCUT2D eigenvalue weighted by Crippen LogP contribution is -2.37. The maximum atomic E-state index is 13.1. The van der Waals surface area contributed by atoms with Crippen molar-refractivity contribution in [1.29, 1.82) is 0 Å². The van der Waals surface area contributed by atoms with E-state index in [1.54, 1.807) is 12.1 Å². The molecule has 2 nitrogen and oxygen atoms in total. The minimum atomic E-state index is -0.165. The molecule has 1 aliphatic rings. The van der Waals surface area contributed by atoms with Crippen molar-refractivity contribution in [2.45, 2.75) is 45.1 Å². The van der Waals surface area contributed by atoms with Crippen LogP contribution in [-0.2, 0) is 6.42 Å². The Morgan fingerprint density at radius 3 is 2.75 bits per heavy atom. The summed E-state index contributed by atoms with van der Waals surface area (Å²) in [6, 6.07) is 7.15. The molecular formula is C17H26FNO. The third kappa shape index (κ3) is 4.57. The highest BCUT2D eigenvalue weighted by molar-refractivity contribution is 5.17. The van der Waals surface area contributed by atoms with Gasteiger partial charge in [0.25, 0.3) is 0 Å². The van der Waals surface area contributed by atoms with Crippen LogP contribution in [0.15, 0.2) is 24.3 Å². The van der Waals surface area contributed by atoms with E-state index in [-0.39, 0.29) is 5.82 Å². The number of aliphatic hydroxyl groups excluding tert-OH is 1. The maximum Gasteiger partial charge on any atom is 0.123 e. The van der Waals surface area contributed by atoms with E-state index in [1.807, 2.05) is 6.07 Å². The third-order valence-corrected chi connectivity index (χ3v) is 4.46. The van der Waals surface area contributed by atoms with E-state index in [0.29, 0.717) is 24.5 Å². The molecule has 0 bridgehead atoms. The summed E-state index contributed by atoms with van der Waals surface area (Å²) in [5.41, 5.74) is 1.03. The quantitative estimate of drug-likeness (QED) is 0.838. The lowest BCUT2D eigenvalue weighted by molar-refractivity contribution is 0.131. The van der Waals surface area contributed by atoms with Gasteiger partial charge in [-0.1, -0.05) is 25.0 Å². The molecule has 1 aromatic rings. The normalized spacial score (nSPS) is 24.6. The molecule has 2 N–H and O–H groups in total. The van der Waals surface area contributed by atoms with Gasteiger partial charge in [0.05, 0.1) is 0 Å². The van der Waals surface area contributed by atoms with Gasteiger partial charge in [0.2, 0.25) is 0 Å². The summed E-state index contributed by atoms with van der Waals surface area (Å²) in [6.45, 7) is 3.41. The zero-order valence-corrected chi connectivity index (χ0v) is 12.3. The number of hydrogen-bond acceptors (Lipinski definition) is 2. The van der Waals surface area contributed by atoms with Crippen LogP contribution in [0.5, 0.6) is 0 Å². The van der Waals surface area contributed by atoms with Gasteiger partial charge in [-0.25, -0.2) is 4.39 Å². The lowest BCUT2D eigenvalue weighted by Gasteiger charge is -2.31. The predicted octanol–water partition coefficient (Wildman–Crippen LogP) is 3.15. The molecular weight excluding hydrogens is 253 g/mol. The molecule has 0 spiro atoms. The average Bonchev–Trinajstić information content (AvgIpc) is 2.45. The maximum absolute atomic E-state index is 13.1. The molecule has 2 rings (SSSR count). The molecule has 0 heterocycles. The average molecular weight is 279 g/mol. The summed E-state index contributed by atoms with van der Waals surface area (Å²) in [7, 11) is 0. The number of hydrogen-bond donors (Lipinski definition) is 2. The van der Waals surface area contributed by atoms with Gasteiger partial charge in [0, 0.05) is 12.6 Å². The summed E-state index contributed by atoms with van der Waals surface area (Å²) in [5, 5.41) is 13.0. The summed E-state index contributed by atoms with van der Waals surface area (Å²) in [6.07, 6.45) is 5.74. The van der Waals surface area contributed by atoms with Gasteiger partial charge in [-0.2, -0.15) is 0 Å². The Balaban J connectivity index is 1.78. The minimum Gasteiger partial charge on any atom is -0.396 e. The van der Waals surface area contributed by atoms with Crippen molar-refractivity contribution >= 4 is 0 Å². The summed E-state index contributed by atoms with van der Waals surface area (Å²) >= 11 is 0. The van der Waals surface area contributed by atoms with E-state index in [9.17, 15) is 9.50 Å². The fourth-order valence-electron chi connectivity index (χ4n) is 3.24. The van der Waals surface area contributed by atoms with Gasteiger partial charge < -0.3 is 10.4 Å². The van der Waals surface area contributed by atoms with Crippen molar-refractivity contribution in [3.05, 3.63) is 35.6 Å². The first-order valence-electron chi connectivity index (χ1n) is 7.77. The topological polar surface area (TPSA) is 32.3 Å². The Hall–Kier alpha value is -0.930. The highest BCUT2D eigenvalue weighted by atomic mass is 19.1. The summed E-state index contributed by atoms with van der Waals surface area (Å²) < 4.78 is 13.1. The highest BCUT2D eigenvalue weighted by Crippen LogP contribution is 2.29. The number of aliphatic hydroxyl groups is 1. The molecule has 1 fully saturated rings. The van der Waals surface area contributed by atoms with Crippen molar-refractivity contribution in [3.63, 3.8) is 0 Å². The molecule has 112 valence electrons. The molecule has 0 radical (unpaired) electrons. The van der Waals surface area contributed by atoms with Crippen molar-refractivity contribution in [2.75, 3.05) is 13.2 Å². The van der Waals surface area contributed by atoms with Crippen LogP contribution in [0.3, 0.4) is 0 Å². The molecule has 3 unspecified atom stereocenters. The van der Waals surface area contributed by atoms with E-state index >= 15 is 0 Å². The van der Waals surface area contributed by atoms with Gasteiger partial charge in [-0.05, 0) is 62.3 Å². The molecule has 1 aromatic carbocycles. The van der Waals surface area contributed by atoms with Gasteiger partial charge in [0.15, 0.2) is 0 Å². The highest BCUT2D eigenvalue weighted by Gasteiger charge is 2.24. The van der Waals surface area contributed by atoms with Gasteiger partial charge in [-0.15, -0.1) is 0 Å². The molecule has 0 aliphatic heterocycles. The van der Waals surface area contributed by atoms with Crippen molar-refractivity contribution in [3.8, 4) is 0 Å². The fraction of sp³-hybridized carbons (Fsp3) is 0.647. The molecule has 3 atom stereocenters. The Morgan fingerprint density at radius 1 is 1.30 bits per heavy atom. The summed E-state index contributed by atoms with van der Waals surface area (Å²) in [5.74, 6) is 0.878. The smallest absolute Gasteiger partial charge is 0.123 e. The van der Waals surface area contributed by atoms with Crippen molar-refractivity contribution in [2.24, 2.45) is 11.8 Å². The predicted molar refractivity (Wildman–Crippen MR) is 80.1 cm³/mol. The second-order valence-corrected chi connectivity index (χ2v) is 6.13. The van der Waals surface area contributed by atoms with Crippen molar-refractivity contribution < 1.29 is 9.50 Å². The monoisotopic (exact) mass is 279 g/mol. The van der Waals surface area contributed by atoms with Gasteiger partial charge in [-0.3, -0.25) is 0 Å². The minimum absolute atomic E-state index is 0.165. The van der Waals surface area contributed by atoms with Crippen LogP contribution < -0.4 is 5.32 Å². The number of nitrogens with one attached hydrogen (secondary N) is 1. The first-order chi connectivity index (χ1) is 9.69. The van der Waals surface area contributed by atoms with E-state index < -0.39 is 0 Å². The van der Waals surface area contributed by atoms with E-state index in [4.69, 9.17) is 0 Å². The van der Waals surface area contributed by atoms with Crippen LogP contribution in [0, 0.1) is 17.7 Å². The van der Waals surface area contributed by atoms with Crippen LogP contribution in [0.2, 0.25) is 0 Å². The second kappa shape index (κ2) is 7.75. The first-order valence-corrected chi connectivity index (χ1v) is 7.77. The zero-order chi connectivity index (χ0) is 14.4. The molecule has 3 heteroatoms. The fourth-order valence-corrected chi connectivity index (χ4v) is 3.24.